The lowest BCUT2D eigenvalue weighted by molar-refractivity contribution is 1.50. The van der Waals surface area contributed by atoms with E-state index >= 15 is 0 Å². The standard InChI is InChI=1S/C14H5/c1-5-11-9-13(7-3)14(8-4)10-12(11)6-2/h1-4,9H. The van der Waals surface area contributed by atoms with Crippen molar-refractivity contribution in [3.8, 4) is 49.4 Å². The quantitative estimate of drug-likeness (QED) is 0.520. The Hall–Kier alpha value is -2.54. The first-order valence-electron chi connectivity index (χ1n) is 3.73. The molecule has 0 aliphatic carbocycles. The van der Waals surface area contributed by atoms with E-state index in [0.29, 0.717) is 22.3 Å². The lowest BCUT2D eigenvalue weighted by Gasteiger charge is -2.00. The van der Waals surface area contributed by atoms with Gasteiger partial charge in [0.25, 0.3) is 0 Å². The van der Waals surface area contributed by atoms with E-state index in [4.69, 9.17) is 25.7 Å². The lowest BCUT2D eigenvalue weighted by atomic mass is 10.00. The Kier molecular flexibility index (Phi) is 2.67. The maximum Gasteiger partial charge on any atom is 0.0491 e. The van der Waals surface area contributed by atoms with Crippen LogP contribution in [0.1, 0.15) is 22.3 Å². The van der Waals surface area contributed by atoms with Gasteiger partial charge in [-0.1, -0.05) is 23.7 Å². The third-order valence-corrected chi connectivity index (χ3v) is 1.68. The van der Waals surface area contributed by atoms with Crippen molar-refractivity contribution in [2.75, 3.05) is 0 Å². The smallest absolute Gasteiger partial charge is 0.0491 e. The maximum atomic E-state index is 5.26. The predicted molar refractivity (Wildman–Crippen MR) is 57.0 cm³/mol. The Morgan fingerprint density at radius 3 is 1.50 bits per heavy atom. The van der Waals surface area contributed by atoms with Crippen LogP contribution in [-0.4, -0.2) is 0 Å². The summed E-state index contributed by atoms with van der Waals surface area (Å²) >= 11 is 0. The summed E-state index contributed by atoms with van der Waals surface area (Å²) in [6, 6.07) is 4.45. The summed E-state index contributed by atoms with van der Waals surface area (Å²) < 4.78 is 0. The number of benzene rings is 1. The molecule has 0 aliphatic heterocycles. The Morgan fingerprint density at radius 2 is 1.21 bits per heavy atom. The number of terminal acetylenes is 4. The summed E-state index contributed by atoms with van der Waals surface area (Å²) in [5.41, 5.74) is 2.03. The van der Waals surface area contributed by atoms with Crippen molar-refractivity contribution in [1.29, 1.82) is 0 Å². The van der Waals surface area contributed by atoms with Crippen LogP contribution in [-0.2, 0) is 0 Å². The van der Waals surface area contributed by atoms with E-state index in [2.05, 4.69) is 29.7 Å². The molecule has 1 aromatic carbocycles. The first-order chi connectivity index (χ1) is 6.76. The monoisotopic (exact) mass is 173 g/mol. The largest absolute Gasteiger partial charge is 0.115 e. The minimum Gasteiger partial charge on any atom is -0.115 e. The minimum absolute atomic E-state index is 0.472. The first-order valence-corrected chi connectivity index (χ1v) is 3.73. The van der Waals surface area contributed by atoms with Gasteiger partial charge in [0.15, 0.2) is 0 Å². The highest BCUT2D eigenvalue weighted by atomic mass is 14.0. The Bertz CT molecular complexity index is 433. The fourth-order valence-electron chi connectivity index (χ4n) is 1.00. The molecule has 0 aliphatic rings. The van der Waals surface area contributed by atoms with Crippen LogP contribution in [0.15, 0.2) is 6.07 Å². The second-order valence-corrected chi connectivity index (χ2v) is 2.42. The molecule has 0 N–H and O–H groups in total. The van der Waals surface area contributed by atoms with Crippen molar-refractivity contribution in [3.05, 3.63) is 34.4 Å². The first kappa shape index (κ1) is 9.55. The van der Waals surface area contributed by atoms with Gasteiger partial charge in [0.05, 0.1) is 0 Å². The van der Waals surface area contributed by atoms with Crippen molar-refractivity contribution in [2.24, 2.45) is 0 Å². The molecule has 0 heterocycles. The highest BCUT2D eigenvalue weighted by Gasteiger charge is 2.04. The van der Waals surface area contributed by atoms with Gasteiger partial charge in [-0.3, -0.25) is 0 Å². The van der Waals surface area contributed by atoms with Gasteiger partial charge >= 0.3 is 0 Å². The normalized spacial score (nSPS) is 7.71. The average molecular weight is 173 g/mol. The Balaban J connectivity index is 3.60. The molecule has 0 spiro atoms. The van der Waals surface area contributed by atoms with Crippen molar-refractivity contribution in [1.82, 2.24) is 0 Å². The van der Waals surface area contributed by atoms with E-state index in [0.717, 1.165) is 0 Å². The Labute approximate surface area is 84.3 Å². The molecule has 0 heteroatoms. The molecule has 1 rings (SSSR count). The maximum absolute atomic E-state index is 5.26. The van der Waals surface area contributed by atoms with Gasteiger partial charge in [0.2, 0.25) is 0 Å². The van der Waals surface area contributed by atoms with Gasteiger partial charge in [0, 0.05) is 28.3 Å². The average Bonchev–Trinajstić information content (AvgIpc) is 2.26. The summed E-state index contributed by atoms with van der Waals surface area (Å²) in [5, 5.41) is 0. The fraction of sp³-hybridized carbons (Fsp3) is 0. The van der Waals surface area contributed by atoms with Crippen LogP contribution in [0.25, 0.3) is 0 Å². The van der Waals surface area contributed by atoms with E-state index in [-0.39, 0.29) is 0 Å². The summed E-state index contributed by atoms with van der Waals surface area (Å²) in [4.78, 5) is 0. The second-order valence-electron chi connectivity index (χ2n) is 2.42. The van der Waals surface area contributed by atoms with Crippen LogP contribution in [0.5, 0.6) is 0 Å². The molecule has 0 atom stereocenters. The molecule has 0 bridgehead atoms. The zero-order valence-corrected chi connectivity index (χ0v) is 7.39. The molecule has 0 fully saturated rings. The van der Waals surface area contributed by atoms with E-state index in [9.17, 15) is 0 Å². The van der Waals surface area contributed by atoms with Crippen molar-refractivity contribution in [3.63, 3.8) is 0 Å². The summed E-state index contributed by atoms with van der Waals surface area (Å²) in [6.07, 6.45) is 21.0. The van der Waals surface area contributed by atoms with Crippen molar-refractivity contribution in [2.45, 2.75) is 0 Å². The van der Waals surface area contributed by atoms with Gasteiger partial charge < -0.3 is 0 Å². The molecular formula is C14H5. The second kappa shape index (κ2) is 3.92. The van der Waals surface area contributed by atoms with Crippen LogP contribution in [0.2, 0.25) is 0 Å². The molecular weight excluding hydrogens is 168 g/mol. The van der Waals surface area contributed by atoms with Gasteiger partial charge in [-0.25, -0.2) is 0 Å². The van der Waals surface area contributed by atoms with Gasteiger partial charge in [-0.05, 0) is 6.07 Å². The molecule has 1 radical (unpaired) electrons. The molecule has 61 valence electrons. The number of rotatable bonds is 0. The van der Waals surface area contributed by atoms with Gasteiger partial charge in [0.1, 0.15) is 0 Å². The zero-order chi connectivity index (χ0) is 10.6. The van der Waals surface area contributed by atoms with Crippen LogP contribution in [0, 0.1) is 55.4 Å². The van der Waals surface area contributed by atoms with Crippen molar-refractivity contribution < 1.29 is 0 Å². The molecule has 0 saturated heterocycles. The summed E-state index contributed by atoms with van der Waals surface area (Å²) in [6.45, 7) is 0. The van der Waals surface area contributed by atoms with Gasteiger partial charge in [-0.15, -0.1) is 25.7 Å². The third-order valence-electron chi connectivity index (χ3n) is 1.68. The molecule has 0 saturated carbocycles. The van der Waals surface area contributed by atoms with Crippen LogP contribution in [0.4, 0.5) is 0 Å². The topological polar surface area (TPSA) is 0 Å². The molecule has 14 heavy (non-hydrogen) atoms. The van der Waals surface area contributed by atoms with Crippen LogP contribution < -0.4 is 0 Å². The summed E-state index contributed by atoms with van der Waals surface area (Å²) in [5.74, 6) is 9.69. The highest BCUT2D eigenvalue weighted by molar-refractivity contribution is 5.59. The van der Waals surface area contributed by atoms with E-state index in [1.54, 1.807) is 6.07 Å². The van der Waals surface area contributed by atoms with Gasteiger partial charge in [-0.2, -0.15) is 0 Å². The highest BCUT2D eigenvalue weighted by Crippen LogP contribution is 2.13. The molecule has 0 aromatic heterocycles. The number of hydrogen-bond donors (Lipinski definition) is 0. The molecule has 0 amide bonds. The summed E-state index contributed by atoms with van der Waals surface area (Å²) in [7, 11) is 0. The third kappa shape index (κ3) is 1.47. The van der Waals surface area contributed by atoms with E-state index in [1.807, 2.05) is 0 Å². The van der Waals surface area contributed by atoms with E-state index < -0.39 is 0 Å². The minimum atomic E-state index is 0.472. The number of hydrogen-bond acceptors (Lipinski definition) is 0. The van der Waals surface area contributed by atoms with E-state index in [1.165, 1.54) is 0 Å². The molecule has 0 unspecified atom stereocenters. The predicted octanol–water partition coefficient (Wildman–Crippen LogP) is 1.41. The Morgan fingerprint density at radius 1 is 0.786 bits per heavy atom. The van der Waals surface area contributed by atoms with Crippen LogP contribution >= 0.6 is 0 Å². The molecule has 0 nitrogen and oxygen atoms in total. The van der Waals surface area contributed by atoms with Crippen LogP contribution in [0.3, 0.4) is 0 Å². The SMILES string of the molecule is C#Cc1[c]c(C#C)c(C#C)cc1C#C. The molecule has 1 aromatic rings. The van der Waals surface area contributed by atoms with Crippen molar-refractivity contribution >= 4 is 0 Å². The lowest BCUT2D eigenvalue weighted by Crippen LogP contribution is -1.91. The fourth-order valence-corrected chi connectivity index (χ4v) is 1.00. The zero-order valence-electron chi connectivity index (χ0n) is 7.39.